The largest absolute Gasteiger partial charge is 0.444 e. The number of aliphatic hydroxyl groups is 1. The van der Waals surface area contributed by atoms with Gasteiger partial charge in [0.2, 0.25) is 17.6 Å². The first-order valence-corrected chi connectivity index (χ1v) is 16.1. The maximum absolute atomic E-state index is 12.9. The summed E-state index contributed by atoms with van der Waals surface area (Å²) in [7, 11) is 0. The quantitative estimate of drug-likeness (QED) is 0.315. The van der Waals surface area contributed by atoms with Crippen molar-refractivity contribution in [2.24, 2.45) is 5.41 Å². The summed E-state index contributed by atoms with van der Waals surface area (Å²) in [5, 5.41) is 17.1. The zero-order valence-corrected chi connectivity index (χ0v) is 27.7. The molecule has 4 heterocycles. The standard InChI is InChI=1S/C35H47N5O5/c1-8-24(9-2)25-10-12-28(13-11-25)35(43,34(7)21-40(22-34)32(42)44-33(4,5)6)29-18-27(19-36-20-29)30-37-31(45-38-30)26-14-16-39(17-15-26)23(3)41/h10-13,18-20,24,26,43H,8-9,14-17,21-22H2,1-7H3. The Labute approximate surface area is 266 Å². The van der Waals surface area contributed by atoms with E-state index in [1.165, 1.54) is 5.56 Å². The van der Waals surface area contributed by atoms with E-state index in [4.69, 9.17) is 14.2 Å². The van der Waals surface area contributed by atoms with E-state index >= 15 is 0 Å². The predicted octanol–water partition coefficient (Wildman–Crippen LogP) is 6.25. The number of amides is 2. The van der Waals surface area contributed by atoms with Gasteiger partial charge in [-0.1, -0.05) is 50.2 Å². The van der Waals surface area contributed by atoms with Crippen LogP contribution >= 0.6 is 0 Å². The zero-order valence-electron chi connectivity index (χ0n) is 27.7. The summed E-state index contributed by atoms with van der Waals surface area (Å²) < 4.78 is 11.3. The molecule has 0 saturated carbocycles. The second-order valence-electron chi connectivity index (χ2n) is 13.9. The van der Waals surface area contributed by atoms with E-state index in [1.807, 2.05) is 50.8 Å². The molecule has 5 rings (SSSR count). The number of piperidine rings is 1. The molecule has 1 atom stereocenters. The second-order valence-corrected chi connectivity index (χ2v) is 13.9. The number of carbonyl (C=O) groups excluding carboxylic acids is 2. The predicted molar refractivity (Wildman–Crippen MR) is 170 cm³/mol. The van der Waals surface area contributed by atoms with E-state index in [2.05, 4.69) is 36.1 Å². The minimum Gasteiger partial charge on any atom is -0.444 e. The Morgan fingerprint density at radius 2 is 1.69 bits per heavy atom. The molecule has 10 heteroatoms. The van der Waals surface area contributed by atoms with Crippen molar-refractivity contribution in [2.45, 2.75) is 97.2 Å². The number of benzene rings is 1. The molecule has 0 aliphatic carbocycles. The Balaban J connectivity index is 1.47. The molecular formula is C35H47N5O5. The van der Waals surface area contributed by atoms with Crippen LogP contribution in [-0.4, -0.2) is 73.8 Å². The van der Waals surface area contributed by atoms with E-state index in [-0.39, 0.29) is 11.8 Å². The molecule has 2 aliphatic rings. The van der Waals surface area contributed by atoms with Gasteiger partial charge in [-0.25, -0.2) is 4.79 Å². The third kappa shape index (κ3) is 6.48. The lowest BCUT2D eigenvalue weighted by atomic mass is 9.62. The molecule has 45 heavy (non-hydrogen) atoms. The first-order chi connectivity index (χ1) is 21.3. The highest BCUT2D eigenvalue weighted by molar-refractivity contribution is 5.73. The molecule has 2 aliphatic heterocycles. The van der Waals surface area contributed by atoms with Crippen LogP contribution in [0.3, 0.4) is 0 Å². The van der Waals surface area contributed by atoms with E-state index in [9.17, 15) is 14.7 Å². The van der Waals surface area contributed by atoms with Gasteiger partial charge < -0.3 is 24.2 Å². The van der Waals surface area contributed by atoms with Crippen LogP contribution in [0.15, 0.2) is 47.2 Å². The number of likely N-dealkylation sites (tertiary alicyclic amines) is 2. The summed E-state index contributed by atoms with van der Waals surface area (Å²) in [4.78, 5) is 37.3. The smallest absolute Gasteiger partial charge is 0.410 e. The maximum atomic E-state index is 12.9. The Kier molecular flexibility index (Phi) is 9.08. The van der Waals surface area contributed by atoms with Gasteiger partial charge in [-0.3, -0.25) is 9.78 Å². The van der Waals surface area contributed by atoms with Gasteiger partial charge in [-0.2, -0.15) is 4.98 Å². The fraction of sp³-hybridized carbons (Fsp3) is 0.571. The number of rotatable bonds is 8. The molecule has 2 fully saturated rings. The highest BCUT2D eigenvalue weighted by Crippen LogP contribution is 2.51. The molecule has 1 unspecified atom stereocenters. The van der Waals surface area contributed by atoms with Gasteiger partial charge in [-0.15, -0.1) is 0 Å². The molecule has 242 valence electrons. The summed E-state index contributed by atoms with van der Waals surface area (Å²) in [6.45, 7) is 15.4. The van der Waals surface area contributed by atoms with Gasteiger partial charge >= 0.3 is 6.09 Å². The van der Waals surface area contributed by atoms with Crippen molar-refractivity contribution in [3.63, 3.8) is 0 Å². The third-order valence-electron chi connectivity index (χ3n) is 9.54. The summed E-state index contributed by atoms with van der Waals surface area (Å²) in [6, 6.07) is 10.1. The van der Waals surface area contributed by atoms with Gasteiger partial charge in [0.15, 0.2) is 0 Å². The molecule has 1 N–H and O–H groups in total. The van der Waals surface area contributed by atoms with Crippen molar-refractivity contribution in [1.29, 1.82) is 0 Å². The van der Waals surface area contributed by atoms with Crippen LogP contribution in [0.5, 0.6) is 0 Å². The number of hydrogen-bond donors (Lipinski definition) is 1. The highest BCUT2D eigenvalue weighted by atomic mass is 16.6. The van der Waals surface area contributed by atoms with Gasteiger partial charge in [0.05, 0.1) is 0 Å². The van der Waals surface area contributed by atoms with Crippen molar-refractivity contribution in [3.8, 4) is 11.4 Å². The second kappa shape index (κ2) is 12.5. The molecule has 2 amide bonds. The van der Waals surface area contributed by atoms with Crippen LogP contribution < -0.4 is 0 Å². The molecular weight excluding hydrogens is 570 g/mol. The van der Waals surface area contributed by atoms with Crippen molar-refractivity contribution in [1.82, 2.24) is 24.9 Å². The molecule has 0 radical (unpaired) electrons. The maximum Gasteiger partial charge on any atom is 0.410 e. The Bertz CT molecular complexity index is 1500. The minimum absolute atomic E-state index is 0.0783. The van der Waals surface area contributed by atoms with Crippen LogP contribution in [0.2, 0.25) is 0 Å². The van der Waals surface area contributed by atoms with Crippen molar-refractivity contribution < 1.29 is 24.0 Å². The lowest BCUT2D eigenvalue weighted by Gasteiger charge is -2.56. The van der Waals surface area contributed by atoms with E-state index in [0.29, 0.717) is 54.9 Å². The van der Waals surface area contributed by atoms with Crippen molar-refractivity contribution in [2.75, 3.05) is 26.2 Å². The van der Waals surface area contributed by atoms with Crippen molar-refractivity contribution >= 4 is 12.0 Å². The molecule has 1 aromatic carbocycles. The van der Waals surface area contributed by atoms with Gasteiger partial charge in [0, 0.05) is 68.0 Å². The fourth-order valence-electron chi connectivity index (χ4n) is 6.82. The first kappa shape index (κ1) is 32.6. The molecule has 3 aromatic rings. The normalized spacial score (nSPS) is 18.4. The monoisotopic (exact) mass is 617 g/mol. The fourth-order valence-corrected chi connectivity index (χ4v) is 6.82. The number of aromatic nitrogens is 3. The minimum atomic E-state index is -1.48. The van der Waals surface area contributed by atoms with Crippen molar-refractivity contribution in [3.05, 3.63) is 65.3 Å². The number of pyridine rings is 1. The van der Waals surface area contributed by atoms with Crippen LogP contribution in [0.25, 0.3) is 11.4 Å². The third-order valence-corrected chi connectivity index (χ3v) is 9.54. The molecule has 0 bridgehead atoms. The first-order valence-electron chi connectivity index (χ1n) is 16.1. The van der Waals surface area contributed by atoms with Crippen LogP contribution in [0, 0.1) is 5.41 Å². The Morgan fingerprint density at radius 1 is 1.04 bits per heavy atom. The summed E-state index contributed by atoms with van der Waals surface area (Å²) >= 11 is 0. The van der Waals surface area contributed by atoms with Gasteiger partial charge in [-0.05, 0) is 69.6 Å². The average molecular weight is 618 g/mol. The zero-order chi connectivity index (χ0) is 32.6. The molecule has 0 spiro atoms. The van der Waals surface area contributed by atoms with Crippen LogP contribution in [0.4, 0.5) is 4.79 Å². The summed E-state index contributed by atoms with van der Waals surface area (Å²) in [5.74, 6) is 1.55. The summed E-state index contributed by atoms with van der Waals surface area (Å²) in [5.41, 5.74) is 0.358. The number of carbonyl (C=O) groups is 2. The SMILES string of the molecule is CCC(CC)c1ccc(C(O)(c2cncc(-c3noc(C4CCN(C(C)=O)CC4)n3)c2)C2(C)CN(C(=O)OC(C)(C)C)C2)cc1. The van der Waals surface area contributed by atoms with E-state index < -0.39 is 22.7 Å². The highest BCUT2D eigenvalue weighted by Gasteiger charge is 2.58. The Morgan fingerprint density at radius 3 is 2.27 bits per heavy atom. The average Bonchev–Trinajstić information content (AvgIpc) is 3.50. The molecule has 2 saturated heterocycles. The van der Waals surface area contributed by atoms with Gasteiger partial charge in [0.1, 0.15) is 11.2 Å². The number of hydrogen-bond acceptors (Lipinski definition) is 8. The van der Waals surface area contributed by atoms with Gasteiger partial charge in [0.25, 0.3) is 0 Å². The topological polar surface area (TPSA) is 122 Å². The number of nitrogens with zero attached hydrogens (tertiary/aromatic N) is 5. The van der Waals surface area contributed by atoms with E-state index in [1.54, 1.807) is 24.2 Å². The molecule has 10 nitrogen and oxygen atoms in total. The molecule has 2 aromatic heterocycles. The lowest BCUT2D eigenvalue weighted by molar-refractivity contribution is -0.131. The van der Waals surface area contributed by atoms with Crippen LogP contribution in [-0.2, 0) is 15.1 Å². The Hall–Kier alpha value is -3.79. The summed E-state index contributed by atoms with van der Waals surface area (Å²) in [6.07, 6.45) is 6.55. The van der Waals surface area contributed by atoms with Crippen LogP contribution in [0.1, 0.15) is 109 Å². The lowest BCUT2D eigenvalue weighted by Crippen LogP contribution is -2.66. The van der Waals surface area contributed by atoms with E-state index in [0.717, 1.165) is 31.2 Å². The number of ether oxygens (including phenoxy) is 1.